The number of carbonyl (C=O) groups is 1. The number of rotatable bonds is 12. The van der Waals surface area contributed by atoms with Gasteiger partial charge in [-0.25, -0.2) is 9.97 Å². The second kappa shape index (κ2) is 12.5. The van der Waals surface area contributed by atoms with Gasteiger partial charge in [-0.15, -0.1) is 0 Å². The van der Waals surface area contributed by atoms with E-state index >= 15 is 0 Å². The molecule has 0 radical (unpaired) electrons. The van der Waals surface area contributed by atoms with E-state index in [4.69, 9.17) is 4.74 Å². The topological polar surface area (TPSA) is 151 Å². The van der Waals surface area contributed by atoms with Crippen molar-refractivity contribution in [1.82, 2.24) is 15.3 Å². The van der Waals surface area contributed by atoms with Crippen LogP contribution in [0.25, 0.3) is 0 Å². The second-order valence-corrected chi connectivity index (χ2v) is 11.3. The van der Waals surface area contributed by atoms with Crippen molar-refractivity contribution in [3.05, 3.63) is 72.3 Å². The molecule has 1 amide bonds. The molecule has 2 aliphatic rings. The first kappa shape index (κ1) is 27.7. The molecule has 2 aliphatic carbocycles. The second-order valence-electron chi connectivity index (χ2n) is 9.71. The third-order valence-electron chi connectivity index (χ3n) is 6.36. The molecule has 1 fully saturated rings. The first-order valence-corrected chi connectivity index (χ1v) is 14.0. The Hall–Kier alpha value is -3.35. The van der Waals surface area contributed by atoms with E-state index in [0.29, 0.717) is 24.0 Å². The summed E-state index contributed by atoms with van der Waals surface area (Å²) in [6.07, 6.45) is 12.5. The van der Waals surface area contributed by atoms with Gasteiger partial charge in [0.1, 0.15) is 5.76 Å². The number of nitrogens with zero attached hydrogens (tertiary/aromatic N) is 3. The lowest BCUT2D eigenvalue weighted by atomic mass is 9.76. The van der Waals surface area contributed by atoms with Crippen LogP contribution in [0.15, 0.2) is 76.1 Å². The summed E-state index contributed by atoms with van der Waals surface area (Å²) < 4.78 is 35.1. The zero-order chi connectivity index (χ0) is 27.1. The van der Waals surface area contributed by atoms with E-state index < -0.39 is 34.9 Å². The van der Waals surface area contributed by atoms with Crippen molar-refractivity contribution in [2.45, 2.75) is 50.0 Å². The van der Waals surface area contributed by atoms with Gasteiger partial charge in [0.25, 0.3) is 0 Å². The van der Waals surface area contributed by atoms with Crippen LogP contribution in [0.1, 0.15) is 38.2 Å². The highest BCUT2D eigenvalue weighted by Crippen LogP contribution is 2.33. The summed E-state index contributed by atoms with van der Waals surface area (Å²) in [4.78, 5) is 21.1. The summed E-state index contributed by atoms with van der Waals surface area (Å²) in [5, 5.41) is 21.7. The van der Waals surface area contributed by atoms with E-state index in [1.54, 1.807) is 0 Å². The Labute approximate surface area is 222 Å². The Bertz CT molecular complexity index is 1290. The summed E-state index contributed by atoms with van der Waals surface area (Å²) >= 11 is 0. The molecule has 0 spiro atoms. The SMILES string of the molecule is CC1C=CC(Oc2cnc(S(=O)(=O)N=CC(Cc3ccccc3)C(=O)NC(CC3CC3)B(O)O)cn2)=CC1. The average Bonchev–Trinajstić information content (AvgIpc) is 3.72. The Balaban J connectivity index is 1.47. The fourth-order valence-corrected chi connectivity index (χ4v) is 4.73. The molecule has 38 heavy (non-hydrogen) atoms. The van der Waals surface area contributed by atoms with Gasteiger partial charge in [0.15, 0.2) is 5.03 Å². The van der Waals surface area contributed by atoms with Crippen molar-refractivity contribution >= 4 is 29.3 Å². The number of benzene rings is 1. The fraction of sp³-hybridized carbons (Fsp3) is 0.385. The molecule has 4 rings (SSSR count). The molecule has 0 bridgehead atoms. The third kappa shape index (κ3) is 8.08. The maximum atomic E-state index is 13.1. The number of hydrogen-bond donors (Lipinski definition) is 3. The molecule has 0 saturated heterocycles. The minimum absolute atomic E-state index is 0.143. The molecule has 3 atom stereocenters. The zero-order valence-corrected chi connectivity index (χ0v) is 21.9. The molecule has 3 unspecified atom stereocenters. The number of aromatic nitrogens is 2. The monoisotopic (exact) mass is 538 g/mol. The first-order chi connectivity index (χ1) is 18.2. The van der Waals surface area contributed by atoms with Gasteiger partial charge in [0.05, 0.1) is 24.3 Å². The van der Waals surface area contributed by atoms with Gasteiger partial charge in [-0.3, -0.25) is 4.79 Å². The summed E-state index contributed by atoms with van der Waals surface area (Å²) in [6.45, 7) is 2.08. The van der Waals surface area contributed by atoms with Crippen LogP contribution in [0.5, 0.6) is 5.88 Å². The molecule has 1 aromatic carbocycles. The molecular weight excluding hydrogens is 507 g/mol. The fourth-order valence-electron chi connectivity index (χ4n) is 3.94. The summed E-state index contributed by atoms with van der Waals surface area (Å²) in [5.41, 5.74) is 0.793. The predicted octanol–water partition coefficient (Wildman–Crippen LogP) is 2.25. The highest BCUT2D eigenvalue weighted by molar-refractivity contribution is 7.90. The predicted molar refractivity (Wildman–Crippen MR) is 142 cm³/mol. The zero-order valence-electron chi connectivity index (χ0n) is 21.1. The van der Waals surface area contributed by atoms with Gasteiger partial charge < -0.3 is 20.1 Å². The van der Waals surface area contributed by atoms with Crippen molar-refractivity contribution in [2.75, 3.05) is 0 Å². The number of hydrogen-bond acceptors (Lipinski definition) is 8. The third-order valence-corrected chi connectivity index (χ3v) is 7.50. The van der Waals surface area contributed by atoms with E-state index in [-0.39, 0.29) is 17.3 Å². The van der Waals surface area contributed by atoms with E-state index in [2.05, 4.69) is 26.6 Å². The Morgan fingerprint density at radius 1 is 1.24 bits per heavy atom. The lowest BCUT2D eigenvalue weighted by Crippen LogP contribution is -2.49. The number of ether oxygens (including phenoxy) is 1. The Morgan fingerprint density at radius 2 is 2.00 bits per heavy atom. The van der Waals surface area contributed by atoms with Crippen LogP contribution in [0, 0.1) is 17.8 Å². The van der Waals surface area contributed by atoms with Gasteiger partial charge in [0, 0.05) is 6.21 Å². The highest BCUT2D eigenvalue weighted by atomic mass is 32.2. The van der Waals surface area contributed by atoms with Crippen LogP contribution in [0.3, 0.4) is 0 Å². The van der Waals surface area contributed by atoms with Gasteiger partial charge in [-0.2, -0.15) is 12.8 Å². The molecular formula is C26H31BN4O6S. The lowest BCUT2D eigenvalue weighted by molar-refractivity contribution is -0.123. The van der Waals surface area contributed by atoms with Crippen molar-refractivity contribution in [1.29, 1.82) is 0 Å². The van der Waals surface area contributed by atoms with Crippen LogP contribution in [0.4, 0.5) is 0 Å². The lowest BCUT2D eigenvalue weighted by Gasteiger charge is -2.20. The van der Waals surface area contributed by atoms with Gasteiger partial charge in [-0.05, 0) is 48.8 Å². The normalized spacial score (nSPS) is 19.0. The number of sulfonamides is 1. The largest absolute Gasteiger partial charge is 0.475 e. The molecule has 3 N–H and O–H groups in total. The van der Waals surface area contributed by atoms with E-state index in [1.807, 2.05) is 48.6 Å². The number of carbonyl (C=O) groups excluding carboxylic acids is 1. The minimum Gasteiger partial charge on any atom is -0.438 e. The average molecular weight is 538 g/mol. The summed E-state index contributed by atoms with van der Waals surface area (Å²) in [5.74, 6) is -0.875. The molecule has 12 heteroatoms. The highest BCUT2D eigenvalue weighted by Gasteiger charge is 2.34. The van der Waals surface area contributed by atoms with Crippen LogP contribution in [-0.2, 0) is 21.2 Å². The molecule has 1 saturated carbocycles. The smallest absolute Gasteiger partial charge is 0.438 e. The van der Waals surface area contributed by atoms with Gasteiger partial charge in [0.2, 0.25) is 11.8 Å². The first-order valence-electron chi connectivity index (χ1n) is 12.6. The molecule has 10 nitrogen and oxygen atoms in total. The Morgan fingerprint density at radius 3 is 2.61 bits per heavy atom. The van der Waals surface area contributed by atoms with E-state index in [0.717, 1.165) is 37.2 Å². The minimum atomic E-state index is -4.26. The quantitative estimate of drug-likeness (QED) is 0.275. The van der Waals surface area contributed by atoms with Crippen LogP contribution in [0.2, 0.25) is 0 Å². The van der Waals surface area contributed by atoms with Crippen molar-refractivity contribution in [2.24, 2.45) is 22.2 Å². The van der Waals surface area contributed by atoms with Crippen molar-refractivity contribution < 1.29 is 28.0 Å². The summed E-state index contributed by atoms with van der Waals surface area (Å²) in [6, 6.07) is 9.08. The van der Waals surface area contributed by atoms with Crippen molar-refractivity contribution in [3.8, 4) is 5.88 Å². The molecule has 200 valence electrons. The van der Waals surface area contributed by atoms with Gasteiger partial charge >= 0.3 is 17.1 Å². The number of allylic oxidation sites excluding steroid dienone is 3. The van der Waals surface area contributed by atoms with Gasteiger partial charge in [-0.1, -0.05) is 56.2 Å². The number of amides is 1. The standard InChI is InChI=1S/C26H31BN4O6S/c1-18-7-11-22(12-8-18)37-24-16-29-25(17-28-24)38(35,36)30-15-21(13-19-5-3-2-4-6-19)26(32)31-23(27(33)34)14-20-9-10-20/h2-7,11-12,15-18,20-21,23,33-34H,8-10,13-14H2,1H3,(H,31,32). The molecule has 2 aromatic rings. The maximum Gasteiger partial charge on any atom is 0.475 e. The number of nitrogens with one attached hydrogen (secondary N) is 1. The van der Waals surface area contributed by atoms with Crippen LogP contribution in [-0.4, -0.2) is 53.6 Å². The molecule has 0 aliphatic heterocycles. The van der Waals surface area contributed by atoms with E-state index in [9.17, 15) is 23.3 Å². The van der Waals surface area contributed by atoms with Crippen LogP contribution < -0.4 is 10.1 Å². The Kier molecular flexibility index (Phi) is 9.08. The van der Waals surface area contributed by atoms with Crippen molar-refractivity contribution in [3.63, 3.8) is 0 Å². The summed E-state index contributed by atoms with van der Waals surface area (Å²) in [7, 11) is -5.98. The molecule has 1 aromatic heterocycles. The maximum absolute atomic E-state index is 13.1. The van der Waals surface area contributed by atoms with Crippen LogP contribution >= 0.6 is 0 Å². The molecule has 1 heterocycles. The van der Waals surface area contributed by atoms with E-state index in [1.165, 1.54) is 6.20 Å².